The zero-order valence-corrected chi connectivity index (χ0v) is 11.3. The normalized spacial score (nSPS) is 30.3. The predicted octanol–water partition coefficient (Wildman–Crippen LogP) is 2.24. The third-order valence-electron chi connectivity index (χ3n) is 2.32. The minimum Gasteiger partial charge on any atom is -0.295 e. The third kappa shape index (κ3) is 2.55. The van der Waals surface area contributed by atoms with Crippen molar-refractivity contribution in [3.63, 3.8) is 0 Å². The molecule has 0 radical (unpaired) electrons. The van der Waals surface area contributed by atoms with Crippen LogP contribution in [0, 0.1) is 5.92 Å². The fourth-order valence-corrected chi connectivity index (χ4v) is 3.11. The van der Waals surface area contributed by atoms with Crippen molar-refractivity contribution < 1.29 is 4.79 Å². The Balaban J connectivity index is 2.78. The molecule has 1 heterocycles. The van der Waals surface area contributed by atoms with Crippen molar-refractivity contribution in [3.05, 3.63) is 0 Å². The van der Waals surface area contributed by atoms with Crippen LogP contribution in [0.3, 0.4) is 0 Å². The number of carbonyl (C=O) groups excluding carboxylic acids is 1. The first kappa shape index (κ1) is 13.0. The highest BCUT2D eigenvalue weighted by Crippen LogP contribution is 2.53. The van der Waals surface area contributed by atoms with Gasteiger partial charge in [-0.3, -0.25) is 10.1 Å². The molecule has 0 bridgehead atoms. The van der Waals surface area contributed by atoms with E-state index in [1.165, 1.54) is 0 Å². The number of rotatable bonds is 5. The van der Waals surface area contributed by atoms with Crippen LogP contribution in [-0.2, 0) is 4.79 Å². The van der Waals surface area contributed by atoms with Gasteiger partial charge in [-0.15, -0.1) is 0 Å². The van der Waals surface area contributed by atoms with Gasteiger partial charge in [0, 0.05) is 18.0 Å². The van der Waals surface area contributed by atoms with Gasteiger partial charge in [-0.1, -0.05) is 13.8 Å². The van der Waals surface area contributed by atoms with Crippen molar-refractivity contribution in [3.8, 4) is 0 Å². The predicted molar refractivity (Wildman–Crippen MR) is 65.4 cm³/mol. The Hall–Kier alpha value is -0.0600. The molecule has 1 saturated heterocycles. The van der Waals surface area contributed by atoms with Crippen LogP contribution >= 0.6 is 11.9 Å². The van der Waals surface area contributed by atoms with Gasteiger partial charge < -0.3 is 0 Å². The van der Waals surface area contributed by atoms with Crippen molar-refractivity contribution in [1.29, 1.82) is 0 Å². The summed E-state index contributed by atoms with van der Waals surface area (Å²) < 4.78 is 2.15. The molecule has 15 heavy (non-hydrogen) atoms. The summed E-state index contributed by atoms with van der Waals surface area (Å²) in [5.74, 6) is 0.363. The summed E-state index contributed by atoms with van der Waals surface area (Å²) in [6.45, 7) is 12.3. The van der Waals surface area contributed by atoms with Crippen LogP contribution in [0.2, 0.25) is 0 Å². The highest BCUT2D eigenvalue weighted by molar-refractivity contribution is 8.05. The Labute approximate surface area is 97.1 Å². The van der Waals surface area contributed by atoms with Crippen LogP contribution in [0.1, 0.15) is 41.5 Å². The maximum Gasteiger partial charge on any atom is 0.204 e. The lowest BCUT2D eigenvalue weighted by molar-refractivity contribution is -0.126. The van der Waals surface area contributed by atoms with Crippen molar-refractivity contribution in [2.24, 2.45) is 5.92 Å². The van der Waals surface area contributed by atoms with E-state index >= 15 is 0 Å². The Kier molecular flexibility index (Phi) is 3.85. The summed E-state index contributed by atoms with van der Waals surface area (Å²) in [6.07, 6.45) is 0. The van der Waals surface area contributed by atoms with Crippen LogP contribution in [-0.4, -0.2) is 27.2 Å². The van der Waals surface area contributed by atoms with Crippen LogP contribution in [0.15, 0.2) is 0 Å². The Morgan fingerprint density at radius 1 is 1.20 bits per heavy atom. The highest BCUT2D eigenvalue weighted by Gasteiger charge is 2.61. The average molecular weight is 230 g/mol. The molecule has 0 aromatic heterocycles. The summed E-state index contributed by atoms with van der Waals surface area (Å²) in [5.41, 5.74) is 0. The van der Waals surface area contributed by atoms with Crippen LogP contribution < -0.4 is 5.32 Å². The zero-order valence-electron chi connectivity index (χ0n) is 10.5. The van der Waals surface area contributed by atoms with E-state index in [2.05, 4.69) is 37.3 Å². The van der Waals surface area contributed by atoms with Crippen LogP contribution in [0.5, 0.6) is 0 Å². The van der Waals surface area contributed by atoms with Gasteiger partial charge in [-0.2, -0.15) is 0 Å². The fourth-order valence-electron chi connectivity index (χ4n) is 1.69. The van der Waals surface area contributed by atoms with E-state index in [0.29, 0.717) is 12.1 Å². The molecule has 4 heteroatoms. The largest absolute Gasteiger partial charge is 0.295 e. The second-order valence-corrected chi connectivity index (χ2v) is 6.14. The zero-order chi connectivity index (χ0) is 11.8. The lowest BCUT2D eigenvalue weighted by Crippen LogP contribution is -2.49. The van der Waals surface area contributed by atoms with Crippen LogP contribution in [0.4, 0.5) is 0 Å². The standard InChI is InChI=1S/C11H22N2OS/c1-7(2)10(14)11(12-8(3)4)13(15-11)9(5)6/h7-9,12H,1-6H3. The summed E-state index contributed by atoms with van der Waals surface area (Å²) in [6, 6.07) is 0.716. The molecule has 0 saturated carbocycles. The van der Waals surface area contributed by atoms with E-state index in [4.69, 9.17) is 0 Å². The number of hydrogen-bond donors (Lipinski definition) is 1. The molecule has 1 N–H and O–H groups in total. The SMILES string of the molecule is CC(C)NC1(C(=O)C(C)C)SN1C(C)C. The molecule has 1 rings (SSSR count). The fraction of sp³-hybridized carbons (Fsp3) is 0.909. The van der Waals surface area contributed by atoms with Gasteiger partial charge in [0.15, 0.2) is 5.78 Å². The van der Waals surface area contributed by atoms with Gasteiger partial charge in [0.25, 0.3) is 0 Å². The summed E-state index contributed by atoms with van der Waals surface area (Å²) >= 11 is 1.63. The minimum atomic E-state index is -0.448. The Morgan fingerprint density at radius 3 is 2.00 bits per heavy atom. The molecule has 1 aliphatic rings. The maximum atomic E-state index is 12.2. The van der Waals surface area contributed by atoms with Gasteiger partial charge in [-0.25, -0.2) is 4.31 Å². The van der Waals surface area contributed by atoms with Gasteiger partial charge in [0.2, 0.25) is 4.99 Å². The van der Waals surface area contributed by atoms with E-state index < -0.39 is 4.99 Å². The number of carbonyl (C=O) groups is 1. The van der Waals surface area contributed by atoms with Crippen molar-refractivity contribution in [1.82, 2.24) is 9.62 Å². The summed E-state index contributed by atoms with van der Waals surface area (Å²) in [4.78, 5) is 11.7. The molecule has 0 aromatic rings. The number of ketones is 1. The quantitative estimate of drug-likeness (QED) is 0.580. The topological polar surface area (TPSA) is 32.1 Å². The van der Waals surface area contributed by atoms with Gasteiger partial charge in [-0.05, 0) is 39.6 Å². The minimum absolute atomic E-state index is 0.0764. The van der Waals surface area contributed by atoms with E-state index in [1.807, 2.05) is 13.8 Å². The van der Waals surface area contributed by atoms with Crippen LogP contribution in [0.25, 0.3) is 0 Å². The molecule has 2 unspecified atom stereocenters. The first-order valence-corrected chi connectivity index (χ1v) is 6.39. The molecule has 0 spiro atoms. The molecule has 3 nitrogen and oxygen atoms in total. The van der Waals surface area contributed by atoms with Crippen molar-refractivity contribution >= 4 is 17.7 Å². The van der Waals surface area contributed by atoms with Gasteiger partial charge in [0.05, 0.1) is 0 Å². The Morgan fingerprint density at radius 2 is 1.73 bits per heavy atom. The lowest BCUT2D eigenvalue weighted by atomic mass is 10.1. The molecule has 1 aliphatic heterocycles. The van der Waals surface area contributed by atoms with E-state index in [0.717, 1.165) is 0 Å². The second-order valence-electron chi connectivity index (χ2n) is 4.97. The highest BCUT2D eigenvalue weighted by atomic mass is 32.2. The molecular formula is C11H22N2OS. The maximum absolute atomic E-state index is 12.2. The van der Waals surface area contributed by atoms with Gasteiger partial charge >= 0.3 is 0 Å². The number of Topliss-reactive ketones (excluding diaryl/α,β-unsaturated/α-hetero) is 1. The number of nitrogens with zero attached hydrogens (tertiary/aromatic N) is 1. The molecule has 88 valence electrons. The monoisotopic (exact) mass is 230 g/mol. The van der Waals surface area contributed by atoms with Crippen molar-refractivity contribution in [2.45, 2.75) is 58.6 Å². The first-order valence-electron chi connectivity index (χ1n) is 5.61. The third-order valence-corrected chi connectivity index (χ3v) is 3.82. The van der Waals surface area contributed by atoms with E-state index in [9.17, 15) is 4.79 Å². The number of hydrogen-bond acceptors (Lipinski definition) is 4. The van der Waals surface area contributed by atoms with E-state index in [1.54, 1.807) is 11.9 Å². The number of nitrogens with one attached hydrogen (secondary N) is 1. The molecule has 0 aliphatic carbocycles. The first-order chi connectivity index (χ1) is 6.81. The molecular weight excluding hydrogens is 208 g/mol. The Bertz CT molecular complexity index is 253. The van der Waals surface area contributed by atoms with E-state index in [-0.39, 0.29) is 11.7 Å². The smallest absolute Gasteiger partial charge is 0.204 e. The molecule has 0 aromatic carbocycles. The molecule has 1 fully saturated rings. The summed E-state index contributed by atoms with van der Waals surface area (Å²) in [7, 11) is 0. The van der Waals surface area contributed by atoms with Gasteiger partial charge in [0.1, 0.15) is 0 Å². The summed E-state index contributed by atoms with van der Waals surface area (Å²) in [5, 5.41) is 3.38. The van der Waals surface area contributed by atoms with Crippen molar-refractivity contribution in [2.75, 3.05) is 0 Å². The molecule has 2 atom stereocenters. The molecule has 0 amide bonds. The average Bonchev–Trinajstić information content (AvgIpc) is 2.78. The lowest BCUT2D eigenvalue weighted by Gasteiger charge is -2.21. The second kappa shape index (κ2) is 4.44.